The van der Waals surface area contributed by atoms with E-state index < -0.39 is 0 Å². The number of aromatic amines is 1. The van der Waals surface area contributed by atoms with Crippen molar-refractivity contribution in [1.29, 1.82) is 0 Å². The lowest BCUT2D eigenvalue weighted by Gasteiger charge is -2.41. The van der Waals surface area contributed by atoms with E-state index in [1.165, 1.54) is 0 Å². The molecule has 1 saturated heterocycles. The van der Waals surface area contributed by atoms with Crippen LogP contribution in [-0.2, 0) is 17.7 Å². The summed E-state index contributed by atoms with van der Waals surface area (Å²) in [4.78, 5) is 19.8. The Bertz CT molecular complexity index is 1460. The van der Waals surface area contributed by atoms with Crippen molar-refractivity contribution < 1.29 is 4.74 Å². The number of rotatable bonds is 5. The van der Waals surface area contributed by atoms with Crippen molar-refractivity contribution in [2.24, 2.45) is 16.6 Å². The fourth-order valence-corrected chi connectivity index (χ4v) is 6.45. The third-order valence-electron chi connectivity index (χ3n) is 8.51. The van der Waals surface area contributed by atoms with Crippen LogP contribution in [0.25, 0.3) is 22.3 Å². The molecular formula is C29H37ClN8O. The van der Waals surface area contributed by atoms with E-state index in [-0.39, 0.29) is 12.1 Å². The Hall–Kier alpha value is -3.17. The smallest absolute Gasteiger partial charge is 0.162 e. The van der Waals surface area contributed by atoms with E-state index in [1.807, 2.05) is 6.20 Å². The summed E-state index contributed by atoms with van der Waals surface area (Å²) in [5.41, 5.74) is 12.5. The molecule has 3 aromatic rings. The number of aromatic nitrogens is 4. The fourth-order valence-electron chi connectivity index (χ4n) is 6.09. The molecule has 206 valence electrons. The first-order valence-corrected chi connectivity index (χ1v) is 14.3. The summed E-state index contributed by atoms with van der Waals surface area (Å²) in [6, 6.07) is 4.45. The van der Waals surface area contributed by atoms with Gasteiger partial charge in [0.05, 0.1) is 23.5 Å². The molecule has 39 heavy (non-hydrogen) atoms. The van der Waals surface area contributed by atoms with E-state index in [0.717, 1.165) is 102 Å². The molecular weight excluding hydrogens is 512 g/mol. The molecule has 1 aromatic carbocycles. The van der Waals surface area contributed by atoms with Crippen LogP contribution in [0.5, 0.6) is 0 Å². The van der Waals surface area contributed by atoms with Crippen LogP contribution in [0, 0.1) is 12.8 Å². The van der Waals surface area contributed by atoms with Gasteiger partial charge in [-0.3, -0.25) is 10.1 Å². The summed E-state index contributed by atoms with van der Waals surface area (Å²) in [5.74, 6) is 2.88. The van der Waals surface area contributed by atoms with Gasteiger partial charge in [-0.25, -0.2) is 9.97 Å². The predicted molar refractivity (Wildman–Crippen MR) is 156 cm³/mol. The fraction of sp³-hybridized carbons (Fsp3) is 0.517. The van der Waals surface area contributed by atoms with Crippen LogP contribution in [0.2, 0.25) is 0 Å². The minimum absolute atomic E-state index is 0.264. The van der Waals surface area contributed by atoms with Crippen LogP contribution < -0.4 is 10.6 Å². The molecule has 9 nitrogen and oxygen atoms in total. The van der Waals surface area contributed by atoms with Crippen LogP contribution in [0.3, 0.4) is 0 Å². The quantitative estimate of drug-likeness (QED) is 0.356. The molecule has 3 aliphatic rings. The number of allylic oxidation sites excluding steroid dienone is 1. The van der Waals surface area contributed by atoms with E-state index in [4.69, 9.17) is 32.0 Å². The predicted octanol–water partition coefficient (Wildman–Crippen LogP) is 4.54. The standard InChI is InChI=1S/C29H37ClN8O/c1-16-5-8-23-20(14-33-36-23)24(16)27-34-22-10-11-37(29(32-3)25(30)26(31)18-6-7-18)15-21(22)28(35-27)38-12-9-19(39-4)13-17(38)2/h5,8,14,17-19H,6-7,9-13,15,31H2,1-4H3,(H,33,36). The van der Waals surface area contributed by atoms with Gasteiger partial charge in [0.2, 0.25) is 0 Å². The molecule has 0 radical (unpaired) electrons. The number of fused-ring (bicyclic) bond motifs is 2. The largest absolute Gasteiger partial charge is 0.401 e. The summed E-state index contributed by atoms with van der Waals surface area (Å²) in [5, 5.41) is 9.01. The molecule has 4 heterocycles. The van der Waals surface area contributed by atoms with Gasteiger partial charge in [-0.15, -0.1) is 0 Å². The monoisotopic (exact) mass is 548 g/mol. The van der Waals surface area contributed by atoms with E-state index in [0.29, 0.717) is 17.5 Å². The first-order chi connectivity index (χ1) is 18.9. The molecule has 2 unspecified atom stereocenters. The van der Waals surface area contributed by atoms with Gasteiger partial charge in [0.25, 0.3) is 0 Å². The van der Waals surface area contributed by atoms with Gasteiger partial charge >= 0.3 is 0 Å². The highest BCUT2D eigenvalue weighted by Gasteiger charge is 2.34. The Morgan fingerprint density at radius 3 is 2.74 bits per heavy atom. The van der Waals surface area contributed by atoms with Gasteiger partial charge in [0.15, 0.2) is 5.82 Å². The average molecular weight is 549 g/mol. The Morgan fingerprint density at radius 2 is 2.03 bits per heavy atom. The highest BCUT2D eigenvalue weighted by Crippen LogP contribution is 2.39. The number of methoxy groups -OCH3 is 1. The molecule has 3 N–H and O–H groups in total. The number of nitrogens with two attached hydrogens (primary N) is 1. The summed E-state index contributed by atoms with van der Waals surface area (Å²) in [6.45, 7) is 6.65. The van der Waals surface area contributed by atoms with E-state index in [9.17, 15) is 0 Å². The Kier molecular flexibility index (Phi) is 6.97. The molecule has 0 bridgehead atoms. The van der Waals surface area contributed by atoms with E-state index >= 15 is 0 Å². The maximum atomic E-state index is 6.82. The SMILES string of the molecule is CN=C(C(Cl)=C(N)C1CC1)N1CCc2nc(-c3c(C)ccc4[nH]ncc34)nc(N3CCC(OC)CC3C)c2C1. The molecule has 6 rings (SSSR count). The van der Waals surface area contributed by atoms with Crippen LogP contribution in [0.4, 0.5) is 5.82 Å². The van der Waals surface area contributed by atoms with Crippen molar-refractivity contribution in [2.75, 3.05) is 32.1 Å². The second-order valence-corrected chi connectivity index (χ2v) is 11.4. The first kappa shape index (κ1) is 26.1. The molecule has 2 aromatic heterocycles. The number of anilines is 1. The number of piperidine rings is 1. The van der Waals surface area contributed by atoms with E-state index in [2.05, 4.69) is 51.0 Å². The van der Waals surface area contributed by atoms with Gasteiger partial charge in [-0.05, 0) is 51.2 Å². The minimum Gasteiger partial charge on any atom is -0.401 e. The number of hydrogen-bond donors (Lipinski definition) is 2. The Balaban J connectivity index is 1.45. The van der Waals surface area contributed by atoms with Crippen molar-refractivity contribution in [2.45, 2.75) is 64.6 Å². The zero-order chi connectivity index (χ0) is 27.3. The molecule has 0 amide bonds. The van der Waals surface area contributed by atoms with E-state index in [1.54, 1.807) is 14.2 Å². The number of aliphatic imine (C=N–C) groups is 1. The maximum absolute atomic E-state index is 6.82. The third kappa shape index (κ3) is 4.76. The van der Waals surface area contributed by atoms with Crippen molar-refractivity contribution >= 4 is 34.2 Å². The number of hydrogen-bond acceptors (Lipinski definition) is 7. The second-order valence-electron chi connectivity index (χ2n) is 11.1. The van der Waals surface area contributed by atoms with Crippen LogP contribution >= 0.6 is 11.6 Å². The van der Waals surface area contributed by atoms with Gasteiger partial charge in [-0.2, -0.15) is 5.10 Å². The van der Waals surface area contributed by atoms with Crippen molar-refractivity contribution in [3.8, 4) is 11.4 Å². The molecule has 2 fully saturated rings. The molecule has 2 atom stereocenters. The molecule has 1 saturated carbocycles. The number of aryl methyl sites for hydroxylation is 1. The zero-order valence-electron chi connectivity index (χ0n) is 23.2. The maximum Gasteiger partial charge on any atom is 0.162 e. The first-order valence-electron chi connectivity index (χ1n) is 13.9. The highest BCUT2D eigenvalue weighted by molar-refractivity contribution is 6.43. The normalized spacial score (nSPS) is 22.7. The summed E-state index contributed by atoms with van der Waals surface area (Å²) >= 11 is 6.82. The number of nitrogens with one attached hydrogen (secondary N) is 1. The van der Waals surface area contributed by atoms with Crippen LogP contribution in [-0.4, -0.2) is 70.3 Å². The Labute approximate surface area is 234 Å². The van der Waals surface area contributed by atoms with Gasteiger partial charge in [-0.1, -0.05) is 17.7 Å². The minimum atomic E-state index is 0.264. The lowest BCUT2D eigenvalue weighted by Crippen LogP contribution is -2.45. The van der Waals surface area contributed by atoms with Crippen molar-refractivity contribution in [3.05, 3.63) is 45.9 Å². The number of ether oxygens (including phenoxy) is 1. The summed E-state index contributed by atoms with van der Waals surface area (Å²) in [6.07, 6.45) is 7.02. The van der Waals surface area contributed by atoms with Crippen LogP contribution in [0.15, 0.2) is 34.1 Å². The van der Waals surface area contributed by atoms with Crippen LogP contribution in [0.1, 0.15) is 49.4 Å². The molecule has 0 spiro atoms. The highest BCUT2D eigenvalue weighted by atomic mass is 35.5. The topological polar surface area (TPSA) is 109 Å². The Morgan fingerprint density at radius 1 is 1.21 bits per heavy atom. The molecule has 10 heteroatoms. The van der Waals surface area contributed by atoms with Gasteiger partial charge < -0.3 is 20.3 Å². The number of nitrogens with zero attached hydrogens (tertiary/aromatic N) is 6. The molecule has 2 aliphatic heterocycles. The van der Waals surface area contributed by atoms with Gasteiger partial charge in [0, 0.05) is 74.4 Å². The van der Waals surface area contributed by atoms with Crippen molar-refractivity contribution in [3.63, 3.8) is 0 Å². The van der Waals surface area contributed by atoms with Gasteiger partial charge in [0.1, 0.15) is 16.7 Å². The lowest BCUT2D eigenvalue weighted by molar-refractivity contribution is 0.0719. The zero-order valence-corrected chi connectivity index (χ0v) is 23.9. The number of amidine groups is 1. The third-order valence-corrected chi connectivity index (χ3v) is 8.89. The number of halogens is 1. The molecule has 1 aliphatic carbocycles. The lowest BCUT2D eigenvalue weighted by atomic mass is 9.97. The number of benzene rings is 1. The summed E-state index contributed by atoms with van der Waals surface area (Å²) in [7, 11) is 3.60. The number of H-pyrrole nitrogens is 1. The van der Waals surface area contributed by atoms with Crippen molar-refractivity contribution in [1.82, 2.24) is 25.1 Å². The summed E-state index contributed by atoms with van der Waals surface area (Å²) < 4.78 is 5.72. The second kappa shape index (κ2) is 10.4. The average Bonchev–Trinajstić information content (AvgIpc) is 3.69.